The van der Waals surface area contributed by atoms with Crippen LogP contribution >= 0.6 is 0 Å². The SMILES string of the molecule is C=CCON(C1CNCC=C1C)S(=O)(=O)c1ccc([N+](=O)[O-])cc1. The molecule has 0 aliphatic carbocycles. The van der Waals surface area contributed by atoms with Gasteiger partial charge in [0.15, 0.2) is 0 Å². The van der Waals surface area contributed by atoms with Crippen LogP contribution in [0.2, 0.25) is 0 Å². The minimum Gasteiger partial charge on any atom is -0.311 e. The summed E-state index contributed by atoms with van der Waals surface area (Å²) in [5.41, 5.74) is 0.686. The van der Waals surface area contributed by atoms with Gasteiger partial charge in [-0.05, 0) is 19.1 Å². The van der Waals surface area contributed by atoms with Crippen molar-refractivity contribution in [3.63, 3.8) is 0 Å². The number of rotatable bonds is 7. The highest BCUT2D eigenvalue weighted by Crippen LogP contribution is 2.25. The topological polar surface area (TPSA) is 102 Å². The molecule has 0 amide bonds. The summed E-state index contributed by atoms with van der Waals surface area (Å²) in [7, 11) is -3.99. The van der Waals surface area contributed by atoms with Crippen LogP contribution in [-0.4, -0.2) is 43.5 Å². The number of nitro groups is 1. The van der Waals surface area contributed by atoms with Gasteiger partial charge in [0, 0.05) is 25.2 Å². The summed E-state index contributed by atoms with van der Waals surface area (Å²) in [6, 6.07) is 4.21. The maximum absolute atomic E-state index is 12.9. The van der Waals surface area contributed by atoms with Gasteiger partial charge in [0.05, 0.1) is 22.5 Å². The molecule has 1 unspecified atom stereocenters. The van der Waals surface area contributed by atoms with Gasteiger partial charge in [0.25, 0.3) is 15.7 Å². The zero-order valence-corrected chi connectivity index (χ0v) is 14.0. The minimum atomic E-state index is -3.99. The lowest BCUT2D eigenvalue weighted by molar-refractivity contribution is -0.384. The molecule has 1 aliphatic heterocycles. The van der Waals surface area contributed by atoms with E-state index in [4.69, 9.17) is 4.84 Å². The van der Waals surface area contributed by atoms with Gasteiger partial charge >= 0.3 is 0 Å². The molecule has 0 saturated heterocycles. The third kappa shape index (κ3) is 3.88. The molecule has 0 bridgehead atoms. The Kier molecular flexibility index (Phi) is 5.84. The van der Waals surface area contributed by atoms with Crippen molar-refractivity contribution in [2.75, 3.05) is 19.7 Å². The number of nitro benzene ring substituents is 1. The standard InChI is InChI=1S/C15H19N3O5S/c1-3-10-23-18(15-11-16-9-8-12(15)2)24(21,22)14-6-4-13(5-7-14)17(19)20/h3-8,15-16H,1,9-11H2,2H3. The predicted octanol–water partition coefficient (Wildman–Crippen LogP) is 1.62. The molecule has 1 atom stereocenters. The third-order valence-electron chi connectivity index (χ3n) is 3.59. The Hall–Kier alpha value is -2.07. The zero-order chi connectivity index (χ0) is 17.7. The van der Waals surface area contributed by atoms with E-state index < -0.39 is 21.0 Å². The minimum absolute atomic E-state index is 0.0238. The molecular weight excluding hydrogens is 334 g/mol. The van der Waals surface area contributed by atoms with Crippen LogP contribution in [0.5, 0.6) is 0 Å². The first-order chi connectivity index (χ1) is 11.4. The molecule has 0 spiro atoms. The van der Waals surface area contributed by atoms with E-state index in [-0.39, 0.29) is 17.2 Å². The molecule has 8 nitrogen and oxygen atoms in total. The zero-order valence-electron chi connectivity index (χ0n) is 13.2. The van der Waals surface area contributed by atoms with Crippen LogP contribution in [-0.2, 0) is 14.9 Å². The number of hydrogen-bond donors (Lipinski definition) is 1. The molecule has 1 aromatic rings. The van der Waals surface area contributed by atoms with Crippen LogP contribution < -0.4 is 5.32 Å². The second-order valence-corrected chi connectivity index (χ2v) is 7.00. The van der Waals surface area contributed by atoms with E-state index in [1.54, 1.807) is 0 Å². The molecule has 1 heterocycles. The third-order valence-corrected chi connectivity index (χ3v) is 5.29. The van der Waals surface area contributed by atoms with Gasteiger partial charge in [-0.2, -0.15) is 0 Å². The summed E-state index contributed by atoms with van der Waals surface area (Å²) in [6.45, 7) is 6.46. The Morgan fingerprint density at radius 2 is 2.12 bits per heavy atom. The van der Waals surface area contributed by atoms with E-state index in [2.05, 4.69) is 11.9 Å². The number of nitrogens with zero attached hydrogens (tertiary/aromatic N) is 2. The predicted molar refractivity (Wildman–Crippen MR) is 88.7 cm³/mol. The average Bonchev–Trinajstić information content (AvgIpc) is 2.56. The normalized spacial score (nSPS) is 18.2. The Bertz CT molecular complexity index is 743. The highest BCUT2D eigenvalue weighted by Gasteiger charge is 2.34. The Labute approximate surface area is 140 Å². The summed E-state index contributed by atoms with van der Waals surface area (Å²) in [5, 5.41) is 13.8. The van der Waals surface area contributed by atoms with Gasteiger partial charge in [0.1, 0.15) is 0 Å². The molecule has 1 aliphatic rings. The van der Waals surface area contributed by atoms with Crippen molar-refractivity contribution in [2.24, 2.45) is 0 Å². The summed E-state index contributed by atoms with van der Waals surface area (Å²) in [5.74, 6) is 0. The molecule has 1 aromatic carbocycles. The van der Waals surface area contributed by atoms with Gasteiger partial charge in [-0.1, -0.05) is 22.2 Å². The maximum Gasteiger partial charge on any atom is 0.269 e. The monoisotopic (exact) mass is 353 g/mol. The van der Waals surface area contributed by atoms with Crippen LogP contribution in [0.4, 0.5) is 5.69 Å². The molecule has 0 radical (unpaired) electrons. The van der Waals surface area contributed by atoms with E-state index in [0.29, 0.717) is 13.1 Å². The fourth-order valence-corrected chi connectivity index (χ4v) is 3.75. The van der Waals surface area contributed by atoms with Crippen LogP contribution in [0.15, 0.2) is 53.5 Å². The fraction of sp³-hybridized carbons (Fsp3) is 0.333. The quantitative estimate of drug-likeness (QED) is 0.454. The molecule has 0 fully saturated rings. The number of nitrogens with one attached hydrogen (secondary N) is 1. The van der Waals surface area contributed by atoms with Gasteiger partial charge in [0.2, 0.25) is 0 Å². The summed E-state index contributed by atoms with van der Waals surface area (Å²) in [4.78, 5) is 15.5. The second kappa shape index (κ2) is 7.67. The lowest BCUT2D eigenvalue weighted by Crippen LogP contribution is -2.48. The molecule has 9 heteroatoms. The number of benzene rings is 1. The first-order valence-corrected chi connectivity index (χ1v) is 8.72. The van der Waals surface area contributed by atoms with Crippen molar-refractivity contribution in [2.45, 2.75) is 17.9 Å². The van der Waals surface area contributed by atoms with E-state index in [1.807, 2.05) is 13.0 Å². The van der Waals surface area contributed by atoms with Crippen LogP contribution in [0.1, 0.15) is 6.92 Å². The second-order valence-electron chi connectivity index (χ2n) is 5.22. The summed E-state index contributed by atoms with van der Waals surface area (Å²) < 4.78 is 26.8. The fourth-order valence-electron chi connectivity index (χ4n) is 2.29. The molecule has 0 aromatic heterocycles. The molecule has 130 valence electrons. The van der Waals surface area contributed by atoms with Crippen LogP contribution in [0.25, 0.3) is 0 Å². The van der Waals surface area contributed by atoms with Crippen molar-refractivity contribution in [1.82, 2.24) is 9.79 Å². The highest BCUT2D eigenvalue weighted by molar-refractivity contribution is 7.89. The van der Waals surface area contributed by atoms with E-state index in [1.165, 1.54) is 18.2 Å². The lowest BCUT2D eigenvalue weighted by atomic mass is 10.1. The van der Waals surface area contributed by atoms with Gasteiger partial charge in [-0.25, -0.2) is 8.42 Å². The highest BCUT2D eigenvalue weighted by atomic mass is 32.2. The number of hydrogen-bond acceptors (Lipinski definition) is 6. The molecular formula is C15H19N3O5S. The first kappa shape index (κ1) is 18.3. The van der Waals surface area contributed by atoms with Crippen molar-refractivity contribution in [1.29, 1.82) is 0 Å². The van der Waals surface area contributed by atoms with Gasteiger partial charge < -0.3 is 5.32 Å². The van der Waals surface area contributed by atoms with Gasteiger partial charge in [-0.15, -0.1) is 6.58 Å². The van der Waals surface area contributed by atoms with Crippen LogP contribution in [0.3, 0.4) is 0 Å². The largest absolute Gasteiger partial charge is 0.311 e. The van der Waals surface area contributed by atoms with Crippen molar-refractivity contribution >= 4 is 15.7 Å². The van der Waals surface area contributed by atoms with E-state index in [9.17, 15) is 18.5 Å². The molecule has 24 heavy (non-hydrogen) atoms. The van der Waals surface area contributed by atoms with E-state index in [0.717, 1.165) is 22.2 Å². The van der Waals surface area contributed by atoms with Crippen molar-refractivity contribution < 1.29 is 18.2 Å². The van der Waals surface area contributed by atoms with Crippen molar-refractivity contribution in [3.05, 3.63) is 58.7 Å². The smallest absolute Gasteiger partial charge is 0.269 e. The molecule has 0 saturated carbocycles. The van der Waals surface area contributed by atoms with Gasteiger partial charge in [-0.3, -0.25) is 15.0 Å². The Morgan fingerprint density at radius 3 is 2.67 bits per heavy atom. The number of non-ortho nitro benzene ring substituents is 1. The Balaban J connectivity index is 2.39. The lowest BCUT2D eigenvalue weighted by Gasteiger charge is -2.32. The van der Waals surface area contributed by atoms with Crippen molar-refractivity contribution in [3.8, 4) is 0 Å². The number of sulfonamides is 1. The maximum atomic E-state index is 12.9. The summed E-state index contributed by atoms with van der Waals surface area (Å²) >= 11 is 0. The number of hydroxylamine groups is 1. The first-order valence-electron chi connectivity index (χ1n) is 7.28. The summed E-state index contributed by atoms with van der Waals surface area (Å²) in [6.07, 6.45) is 3.34. The van der Waals surface area contributed by atoms with Crippen LogP contribution in [0, 0.1) is 10.1 Å². The van der Waals surface area contributed by atoms with E-state index >= 15 is 0 Å². The molecule has 1 N–H and O–H groups in total. The average molecular weight is 353 g/mol. The molecule has 2 rings (SSSR count). The Morgan fingerprint density at radius 1 is 1.46 bits per heavy atom.